The highest BCUT2D eigenvalue weighted by molar-refractivity contribution is 5.94. The topological polar surface area (TPSA) is 0 Å². The van der Waals surface area contributed by atoms with Crippen molar-refractivity contribution in [1.82, 2.24) is 0 Å². The molecular formula is C148H120. The summed E-state index contributed by atoms with van der Waals surface area (Å²) in [4.78, 5) is 0. The van der Waals surface area contributed by atoms with Crippen LogP contribution in [0.1, 0.15) is 138 Å². The summed E-state index contributed by atoms with van der Waals surface area (Å²) in [5.74, 6) is 0. The molecule has 0 heterocycles. The van der Waals surface area contributed by atoms with Gasteiger partial charge in [-0.2, -0.15) is 0 Å². The van der Waals surface area contributed by atoms with Gasteiger partial charge in [-0.3, -0.25) is 0 Å². The number of aryl methyl sites for hydroxylation is 6. The summed E-state index contributed by atoms with van der Waals surface area (Å²) in [5, 5.41) is 0. The monoisotopic (exact) mass is 1900 g/mol. The van der Waals surface area contributed by atoms with E-state index in [-0.39, 0.29) is 10.8 Å². The molecule has 7 aliphatic rings. The molecule has 0 fully saturated rings. The zero-order valence-electron chi connectivity index (χ0n) is 86.0. The van der Waals surface area contributed by atoms with E-state index < -0.39 is 0 Å². The van der Waals surface area contributed by atoms with Crippen LogP contribution in [0.4, 0.5) is 0 Å². The molecule has 0 heteroatoms. The second-order valence-electron chi connectivity index (χ2n) is 41.5. The van der Waals surface area contributed by atoms with E-state index in [1.807, 2.05) is 0 Å². The smallest absolute Gasteiger partial charge is 0.0435 e. The molecule has 0 unspecified atom stereocenters. The molecule has 712 valence electrons. The molecule has 0 saturated heterocycles. The lowest BCUT2D eigenvalue weighted by Crippen LogP contribution is -2.22. The number of fused-ring (bicyclic) bond motifs is 21. The molecule has 7 aliphatic carbocycles. The standard InChI is InChI=1S/C32H24.C26H20.3C20H16.C16H16.C14H12/c1-22-17-26(23-11-5-2-6-12-23)19-30-28(22)21-32-29(25-15-9-4-10-16-25)18-27(20-31(30)32)24-13-7-3-8-14-24;1-18-14-23(20-10-6-3-7-11-20)17-26-24(18)16-22-13-12-21(15-25(22)26)19-8-4-2-5-9-19;1-20(15-9-3-2-4-10-15)18-13-7-5-11-16(18)17-12-6-8-14-19(17)20;1-14-7-5-11-17-18-12-6-10-16(20(18)13-19(14)17)15-8-3-2-4-9-15;1-14-6-5-9-18-19(14)13-17-11-10-16(12-20(17)18)15-7-3-2-4-8-15;1-11-8-9-13-12-6-4-5-7-14(12)16(2,3)15(13)10-11;1-10-5-4-8-13-12-7-3-2-6-11(12)9-14(10)13/h2-20H,21H2,1H3;2-15,17H,16H2,1H3;2-14H,1H3;2*2-12H,13H2,1H3;4-10H,1-3H3;2-8H,9H2,1H3. The highest BCUT2D eigenvalue weighted by Gasteiger charge is 2.41. The molecule has 0 bridgehead atoms. The van der Waals surface area contributed by atoms with E-state index in [4.69, 9.17) is 0 Å². The van der Waals surface area contributed by atoms with Gasteiger partial charge in [0, 0.05) is 10.8 Å². The van der Waals surface area contributed by atoms with E-state index in [1.165, 1.54) is 273 Å². The van der Waals surface area contributed by atoms with Crippen LogP contribution in [-0.4, -0.2) is 0 Å². The Balaban J connectivity index is 0.0000000963. The predicted molar refractivity (Wildman–Crippen MR) is 628 cm³/mol. The molecule has 22 aromatic rings. The Morgan fingerprint density at radius 1 is 0.142 bits per heavy atom. The van der Waals surface area contributed by atoms with Crippen LogP contribution in [0.3, 0.4) is 0 Å². The summed E-state index contributed by atoms with van der Waals surface area (Å²) in [6, 6.07) is 182. The van der Waals surface area contributed by atoms with Crippen LogP contribution in [0, 0.1) is 41.5 Å². The Morgan fingerprint density at radius 3 is 0.885 bits per heavy atom. The molecular weight excluding hydrogens is 1780 g/mol. The molecule has 0 nitrogen and oxygen atoms in total. The number of benzene rings is 22. The molecule has 0 amide bonds. The van der Waals surface area contributed by atoms with Crippen LogP contribution in [0.25, 0.3) is 156 Å². The van der Waals surface area contributed by atoms with Crippen LogP contribution < -0.4 is 0 Å². The minimum atomic E-state index is -0.0472. The summed E-state index contributed by atoms with van der Waals surface area (Å²) in [6.07, 6.45) is 5.28. The Labute approximate surface area is 874 Å². The summed E-state index contributed by atoms with van der Waals surface area (Å²) >= 11 is 0. The molecule has 0 spiro atoms. The van der Waals surface area contributed by atoms with Gasteiger partial charge in [0.2, 0.25) is 0 Å². The first-order valence-electron chi connectivity index (χ1n) is 52.5. The van der Waals surface area contributed by atoms with Gasteiger partial charge in [0.15, 0.2) is 0 Å². The third-order valence-electron chi connectivity index (χ3n) is 32.1. The lowest BCUT2D eigenvalue weighted by atomic mass is 9.74. The third kappa shape index (κ3) is 18.2. The van der Waals surface area contributed by atoms with Crippen LogP contribution in [0.5, 0.6) is 0 Å². The highest BCUT2D eigenvalue weighted by Crippen LogP contribution is 2.55. The van der Waals surface area contributed by atoms with E-state index in [0.29, 0.717) is 0 Å². The van der Waals surface area contributed by atoms with Gasteiger partial charge in [-0.25, -0.2) is 0 Å². The summed E-state index contributed by atoms with van der Waals surface area (Å²) < 4.78 is 0. The fourth-order valence-electron chi connectivity index (χ4n) is 24.2. The van der Waals surface area contributed by atoms with Crippen molar-refractivity contribution < 1.29 is 0 Å². The van der Waals surface area contributed by atoms with Crippen molar-refractivity contribution in [1.29, 1.82) is 0 Å². The van der Waals surface area contributed by atoms with E-state index in [1.54, 1.807) is 0 Å². The minimum absolute atomic E-state index is 0.0472. The molecule has 22 aromatic carbocycles. The SMILES string of the molecule is CC1(c2ccccc2)c2ccccc2-c2ccccc21.Cc1cc(-c2ccccc2)cc2c1Cc1c(-c3ccccc3)cc(-c3ccccc3)cc1-2.Cc1cc(-c2ccccc2)cc2c1Cc1ccc(-c3ccccc3)cc1-2.Cc1ccc2c(c1)C(C)(C)c1ccccc1-2.Cc1cccc2c1Cc1c(-c3ccccc3)cccc1-2.Cc1cccc2c1Cc1ccc(-c3ccccc3)cc1-2.Cc1cccc2c1Cc1ccccc1-2. The Morgan fingerprint density at radius 2 is 0.419 bits per heavy atom. The second kappa shape index (κ2) is 40.8. The first-order chi connectivity index (χ1) is 72.5. The van der Waals surface area contributed by atoms with Crippen molar-refractivity contribution in [3.8, 4) is 156 Å². The van der Waals surface area contributed by atoms with Crippen LogP contribution in [-0.2, 0) is 42.9 Å². The van der Waals surface area contributed by atoms with Crippen molar-refractivity contribution in [2.45, 2.75) is 105 Å². The third-order valence-corrected chi connectivity index (χ3v) is 32.1. The van der Waals surface area contributed by atoms with Gasteiger partial charge in [-0.1, -0.05) is 487 Å². The van der Waals surface area contributed by atoms with Crippen LogP contribution in [0.2, 0.25) is 0 Å². The molecule has 29 rings (SSSR count). The zero-order chi connectivity index (χ0) is 101. The second-order valence-corrected chi connectivity index (χ2v) is 41.5. The van der Waals surface area contributed by atoms with Crippen molar-refractivity contribution in [3.63, 3.8) is 0 Å². The Hall–Kier alpha value is -17.2. The fraction of sp³-hybridized carbons (Fsp3) is 0.108. The van der Waals surface area contributed by atoms with Gasteiger partial charge in [0.05, 0.1) is 0 Å². The largest absolute Gasteiger partial charge is 0.0622 e. The molecule has 148 heavy (non-hydrogen) atoms. The number of hydrogen-bond acceptors (Lipinski definition) is 0. The van der Waals surface area contributed by atoms with Gasteiger partial charge in [0.1, 0.15) is 0 Å². The Bertz CT molecular complexity index is 8650. The predicted octanol–water partition coefficient (Wildman–Crippen LogP) is 38.8. The zero-order valence-corrected chi connectivity index (χ0v) is 86.0. The molecule has 0 atom stereocenters. The van der Waals surface area contributed by atoms with Crippen molar-refractivity contribution in [2.24, 2.45) is 0 Å². The minimum Gasteiger partial charge on any atom is -0.0622 e. The van der Waals surface area contributed by atoms with E-state index in [2.05, 4.69) is 566 Å². The summed E-state index contributed by atoms with van der Waals surface area (Å²) in [5.41, 5.74) is 68.0. The maximum absolute atomic E-state index is 2.40. The van der Waals surface area contributed by atoms with Gasteiger partial charge in [-0.15, -0.1) is 0 Å². The van der Waals surface area contributed by atoms with Crippen molar-refractivity contribution in [2.75, 3.05) is 0 Å². The van der Waals surface area contributed by atoms with Gasteiger partial charge in [0.25, 0.3) is 0 Å². The Kier molecular flexibility index (Phi) is 26.0. The maximum atomic E-state index is 2.40. The van der Waals surface area contributed by atoms with Crippen LogP contribution in [0.15, 0.2) is 504 Å². The van der Waals surface area contributed by atoms with Crippen molar-refractivity contribution >= 4 is 0 Å². The normalized spacial score (nSPS) is 12.7. The molecule has 0 saturated carbocycles. The van der Waals surface area contributed by atoms with Gasteiger partial charge in [-0.05, 0) is 384 Å². The summed E-state index contributed by atoms with van der Waals surface area (Å²) in [7, 11) is 0. The average Bonchev–Trinajstić information content (AvgIpc) is 1.56. The fourth-order valence-corrected chi connectivity index (χ4v) is 24.2. The summed E-state index contributed by atoms with van der Waals surface area (Å²) in [6.45, 7) is 20.3. The van der Waals surface area contributed by atoms with Crippen molar-refractivity contribution in [3.05, 3.63) is 620 Å². The lowest BCUT2D eigenvalue weighted by molar-refractivity contribution is 0.660. The van der Waals surface area contributed by atoms with Crippen LogP contribution >= 0.6 is 0 Å². The van der Waals surface area contributed by atoms with E-state index in [9.17, 15) is 0 Å². The number of rotatable bonds is 8. The molecule has 0 aromatic heterocycles. The van der Waals surface area contributed by atoms with E-state index in [0.717, 1.165) is 32.1 Å². The molecule has 0 N–H and O–H groups in total. The quantitative estimate of drug-likeness (QED) is 0.142. The molecule has 0 aliphatic heterocycles. The van der Waals surface area contributed by atoms with Gasteiger partial charge < -0.3 is 0 Å². The maximum Gasteiger partial charge on any atom is 0.0435 e. The first-order valence-corrected chi connectivity index (χ1v) is 52.5. The molecule has 0 radical (unpaired) electrons. The average molecular weight is 1900 g/mol. The van der Waals surface area contributed by atoms with Gasteiger partial charge >= 0.3 is 0 Å². The highest BCUT2D eigenvalue weighted by atomic mass is 14.4. The first kappa shape index (κ1) is 94.4. The van der Waals surface area contributed by atoms with E-state index >= 15 is 0 Å². The number of hydrogen-bond donors (Lipinski definition) is 0. The lowest BCUT2D eigenvalue weighted by Gasteiger charge is -2.28.